The van der Waals surface area contributed by atoms with Crippen molar-refractivity contribution in [1.82, 2.24) is 4.72 Å². The van der Waals surface area contributed by atoms with Crippen LogP contribution in [0.3, 0.4) is 0 Å². The predicted molar refractivity (Wildman–Crippen MR) is 69.9 cm³/mol. The van der Waals surface area contributed by atoms with Crippen molar-refractivity contribution in [2.45, 2.75) is 37.9 Å². The molecule has 1 amide bonds. The van der Waals surface area contributed by atoms with Gasteiger partial charge in [-0.2, -0.15) is 0 Å². The Labute approximate surface area is 107 Å². The fraction of sp³-hybridized carbons (Fsp3) is 0.462. The number of hydrogen-bond acceptors (Lipinski definition) is 3. The first kappa shape index (κ1) is 13.1. The highest BCUT2D eigenvalue weighted by Crippen LogP contribution is 2.27. The number of hydrogen-bond donors (Lipinski definition) is 1. The summed E-state index contributed by atoms with van der Waals surface area (Å²) in [6.45, 7) is 4.05. The van der Waals surface area contributed by atoms with Gasteiger partial charge in [0.15, 0.2) is 0 Å². The lowest BCUT2D eigenvalue weighted by molar-refractivity contribution is 0.0981. The highest BCUT2D eigenvalue weighted by molar-refractivity contribution is 7.91. The molecule has 0 aliphatic heterocycles. The molecule has 1 N–H and O–H groups in total. The first-order valence-electron chi connectivity index (χ1n) is 6.06. The molecule has 1 fully saturated rings. The van der Waals surface area contributed by atoms with E-state index in [9.17, 15) is 13.2 Å². The van der Waals surface area contributed by atoms with Gasteiger partial charge in [-0.15, -0.1) is 0 Å². The maximum Gasteiger partial charge on any atom is 0.264 e. The molecule has 4 nitrogen and oxygen atoms in total. The Kier molecular flexibility index (Phi) is 3.43. The third-order valence-electron chi connectivity index (χ3n) is 3.01. The van der Waals surface area contributed by atoms with Gasteiger partial charge in [0.2, 0.25) is 10.0 Å². The second-order valence-electron chi connectivity index (χ2n) is 4.96. The molecule has 1 aliphatic carbocycles. The van der Waals surface area contributed by atoms with Crippen LogP contribution in [0, 0.1) is 0 Å². The molecule has 2 rings (SSSR count). The van der Waals surface area contributed by atoms with E-state index in [4.69, 9.17) is 0 Å². The maximum atomic E-state index is 11.9. The van der Waals surface area contributed by atoms with Gasteiger partial charge in [0, 0.05) is 5.56 Å². The highest BCUT2D eigenvalue weighted by atomic mass is 32.2. The lowest BCUT2D eigenvalue weighted by atomic mass is 10.0. The van der Waals surface area contributed by atoms with Crippen LogP contribution >= 0.6 is 0 Å². The van der Waals surface area contributed by atoms with Crippen LogP contribution in [-0.4, -0.2) is 19.6 Å². The van der Waals surface area contributed by atoms with Crippen molar-refractivity contribution < 1.29 is 13.2 Å². The van der Waals surface area contributed by atoms with Gasteiger partial charge in [-0.25, -0.2) is 13.1 Å². The van der Waals surface area contributed by atoms with Crippen molar-refractivity contribution in [1.29, 1.82) is 0 Å². The van der Waals surface area contributed by atoms with Crippen molar-refractivity contribution in [2.24, 2.45) is 0 Å². The average Bonchev–Trinajstić information content (AvgIpc) is 3.12. The lowest BCUT2D eigenvalue weighted by Crippen LogP contribution is -2.33. The topological polar surface area (TPSA) is 63.2 Å². The quantitative estimate of drug-likeness (QED) is 0.908. The SMILES string of the molecule is CC(C)c1cccc(C(=O)NS(=O)(=O)C2CC2)c1. The molecule has 0 spiro atoms. The van der Waals surface area contributed by atoms with Gasteiger partial charge in [-0.3, -0.25) is 4.79 Å². The molecule has 1 aromatic rings. The number of amides is 1. The van der Waals surface area contributed by atoms with E-state index in [2.05, 4.69) is 4.72 Å². The number of benzene rings is 1. The minimum atomic E-state index is -3.47. The second kappa shape index (κ2) is 4.72. The van der Waals surface area contributed by atoms with Crippen molar-refractivity contribution in [3.05, 3.63) is 35.4 Å². The van der Waals surface area contributed by atoms with Gasteiger partial charge in [0.1, 0.15) is 0 Å². The molecule has 5 heteroatoms. The van der Waals surface area contributed by atoms with Gasteiger partial charge in [-0.1, -0.05) is 26.0 Å². The van der Waals surface area contributed by atoms with Crippen LogP contribution in [0.25, 0.3) is 0 Å². The third-order valence-corrected chi connectivity index (χ3v) is 4.83. The van der Waals surface area contributed by atoms with E-state index < -0.39 is 15.9 Å². The van der Waals surface area contributed by atoms with Gasteiger partial charge in [-0.05, 0) is 36.5 Å². The fourth-order valence-corrected chi connectivity index (χ4v) is 2.99. The number of nitrogens with one attached hydrogen (secondary N) is 1. The summed E-state index contributed by atoms with van der Waals surface area (Å²) in [6.07, 6.45) is 1.29. The number of rotatable bonds is 4. The van der Waals surface area contributed by atoms with Crippen molar-refractivity contribution in [2.75, 3.05) is 0 Å². The van der Waals surface area contributed by atoms with Crippen LogP contribution in [0.1, 0.15) is 48.5 Å². The zero-order chi connectivity index (χ0) is 13.3. The molecule has 1 aromatic carbocycles. The van der Waals surface area contributed by atoms with E-state index in [1.54, 1.807) is 18.2 Å². The molecule has 98 valence electrons. The summed E-state index contributed by atoms with van der Waals surface area (Å²) in [4.78, 5) is 11.9. The molecule has 0 aromatic heterocycles. The van der Waals surface area contributed by atoms with Gasteiger partial charge < -0.3 is 0 Å². The number of carbonyl (C=O) groups is 1. The number of sulfonamides is 1. The molecule has 0 saturated heterocycles. The lowest BCUT2D eigenvalue weighted by Gasteiger charge is -2.09. The summed E-state index contributed by atoms with van der Waals surface area (Å²) in [6, 6.07) is 7.07. The van der Waals surface area contributed by atoms with Crippen molar-refractivity contribution in [3.8, 4) is 0 Å². The zero-order valence-corrected chi connectivity index (χ0v) is 11.3. The third kappa shape index (κ3) is 2.90. The summed E-state index contributed by atoms with van der Waals surface area (Å²) in [5.74, 6) is -0.234. The van der Waals surface area contributed by atoms with Crippen LogP contribution in [0.2, 0.25) is 0 Å². The summed E-state index contributed by atoms with van der Waals surface area (Å²) in [7, 11) is -3.47. The van der Waals surface area contributed by atoms with Gasteiger partial charge >= 0.3 is 0 Å². The Morgan fingerprint density at radius 2 is 2.00 bits per heavy atom. The van der Waals surface area contributed by atoms with Crippen LogP contribution in [0.4, 0.5) is 0 Å². The summed E-state index contributed by atoms with van der Waals surface area (Å²) in [5.41, 5.74) is 1.41. The smallest absolute Gasteiger partial charge is 0.264 e. The minimum Gasteiger partial charge on any atom is -0.268 e. The molecule has 0 heterocycles. The average molecular weight is 267 g/mol. The predicted octanol–water partition coefficient (Wildman–Crippen LogP) is 2.03. The van der Waals surface area contributed by atoms with E-state index in [0.29, 0.717) is 24.3 Å². The molecular formula is C13H17NO3S. The van der Waals surface area contributed by atoms with Crippen LogP contribution in [0.5, 0.6) is 0 Å². The standard InChI is InChI=1S/C13H17NO3S/c1-9(2)10-4-3-5-11(8-10)13(15)14-18(16,17)12-6-7-12/h3-5,8-9,12H,6-7H2,1-2H3,(H,14,15). The first-order valence-corrected chi connectivity index (χ1v) is 7.60. The Balaban J connectivity index is 2.16. The molecular weight excluding hydrogens is 250 g/mol. The number of carbonyl (C=O) groups excluding carboxylic acids is 1. The van der Waals surface area contributed by atoms with E-state index in [0.717, 1.165) is 5.56 Å². The van der Waals surface area contributed by atoms with Gasteiger partial charge in [0.05, 0.1) is 5.25 Å². The highest BCUT2D eigenvalue weighted by Gasteiger charge is 2.36. The van der Waals surface area contributed by atoms with E-state index >= 15 is 0 Å². The Morgan fingerprint density at radius 1 is 1.33 bits per heavy atom. The molecule has 0 unspecified atom stereocenters. The molecule has 0 bridgehead atoms. The molecule has 18 heavy (non-hydrogen) atoms. The molecule has 0 atom stereocenters. The second-order valence-corrected chi connectivity index (χ2v) is 6.92. The Morgan fingerprint density at radius 3 is 2.56 bits per heavy atom. The largest absolute Gasteiger partial charge is 0.268 e. The van der Waals surface area contributed by atoms with Crippen molar-refractivity contribution in [3.63, 3.8) is 0 Å². The van der Waals surface area contributed by atoms with E-state index in [1.807, 2.05) is 19.9 Å². The zero-order valence-electron chi connectivity index (χ0n) is 10.5. The Bertz CT molecular complexity index is 559. The summed E-state index contributed by atoms with van der Waals surface area (Å²) >= 11 is 0. The minimum absolute atomic E-state index is 0.304. The molecule has 1 saturated carbocycles. The summed E-state index contributed by atoms with van der Waals surface area (Å²) < 4.78 is 25.5. The molecule has 0 radical (unpaired) electrons. The summed E-state index contributed by atoms with van der Waals surface area (Å²) in [5, 5.41) is -0.380. The van der Waals surface area contributed by atoms with Crippen LogP contribution < -0.4 is 4.72 Å². The van der Waals surface area contributed by atoms with E-state index in [-0.39, 0.29) is 5.25 Å². The Hall–Kier alpha value is -1.36. The van der Waals surface area contributed by atoms with Crippen LogP contribution in [-0.2, 0) is 10.0 Å². The maximum absolute atomic E-state index is 11.9. The normalized spacial score (nSPS) is 15.7. The van der Waals surface area contributed by atoms with Gasteiger partial charge in [0.25, 0.3) is 5.91 Å². The first-order chi connectivity index (χ1) is 8.40. The fourth-order valence-electron chi connectivity index (χ4n) is 1.69. The van der Waals surface area contributed by atoms with E-state index in [1.165, 1.54) is 0 Å². The molecule has 1 aliphatic rings. The van der Waals surface area contributed by atoms with Crippen LogP contribution in [0.15, 0.2) is 24.3 Å². The monoisotopic (exact) mass is 267 g/mol. The van der Waals surface area contributed by atoms with Crippen molar-refractivity contribution >= 4 is 15.9 Å².